The maximum Gasteiger partial charge on any atom is 0.322 e. The van der Waals surface area contributed by atoms with Crippen molar-refractivity contribution in [2.75, 3.05) is 26.0 Å². The molecule has 2 amide bonds. The van der Waals surface area contributed by atoms with Crippen LogP contribution in [-0.2, 0) is 19.5 Å². The van der Waals surface area contributed by atoms with Crippen LogP contribution in [-0.4, -0.2) is 41.1 Å². The number of benzene rings is 2. The molecule has 1 atom stereocenters. The molecule has 6 nitrogen and oxygen atoms in total. The fourth-order valence-corrected chi connectivity index (χ4v) is 7.01. The highest BCUT2D eigenvalue weighted by atomic mass is 32.1. The number of rotatable bonds is 3. The number of carbonyl (C=O) groups excluding carboxylic acids is 1. The van der Waals surface area contributed by atoms with Crippen molar-refractivity contribution in [2.45, 2.75) is 39.4 Å². The number of ether oxygens (including phenoxy) is 1. The average Bonchev–Trinajstić information content (AvgIpc) is 3.47. The number of thiophene rings is 1. The number of amides is 2. The van der Waals surface area contributed by atoms with Crippen molar-refractivity contribution < 1.29 is 9.53 Å². The Morgan fingerprint density at radius 1 is 1.05 bits per heavy atom. The zero-order valence-corrected chi connectivity index (χ0v) is 22.6. The van der Waals surface area contributed by atoms with E-state index in [-0.39, 0.29) is 12.1 Å². The summed E-state index contributed by atoms with van der Waals surface area (Å²) in [5.74, 6) is 0.782. The average molecular weight is 513 g/mol. The van der Waals surface area contributed by atoms with Crippen molar-refractivity contribution in [1.29, 1.82) is 0 Å². The van der Waals surface area contributed by atoms with Gasteiger partial charge in [-0.15, -0.1) is 11.3 Å². The molecule has 4 aromatic rings. The molecule has 0 saturated heterocycles. The Labute approximate surface area is 222 Å². The third-order valence-corrected chi connectivity index (χ3v) is 8.82. The highest BCUT2D eigenvalue weighted by molar-refractivity contribution is 7.15. The molecule has 2 aromatic heterocycles. The van der Waals surface area contributed by atoms with Gasteiger partial charge in [0.2, 0.25) is 0 Å². The lowest BCUT2D eigenvalue weighted by molar-refractivity contribution is 0.194. The van der Waals surface area contributed by atoms with E-state index in [4.69, 9.17) is 4.74 Å². The van der Waals surface area contributed by atoms with Crippen LogP contribution in [0.25, 0.3) is 5.00 Å². The van der Waals surface area contributed by atoms with Crippen LogP contribution < -0.4 is 10.1 Å². The fourth-order valence-electron chi connectivity index (χ4n) is 5.57. The smallest absolute Gasteiger partial charge is 0.322 e. The summed E-state index contributed by atoms with van der Waals surface area (Å²) >= 11 is 1.87. The molecule has 0 fully saturated rings. The van der Waals surface area contributed by atoms with E-state index in [2.05, 4.69) is 58.4 Å². The Morgan fingerprint density at radius 3 is 2.76 bits per heavy atom. The van der Waals surface area contributed by atoms with Gasteiger partial charge in [-0.2, -0.15) is 0 Å². The molecule has 1 unspecified atom stereocenters. The van der Waals surface area contributed by atoms with E-state index in [1.807, 2.05) is 54.3 Å². The summed E-state index contributed by atoms with van der Waals surface area (Å²) in [5.41, 5.74) is 7.80. The Morgan fingerprint density at radius 2 is 1.92 bits per heavy atom. The van der Waals surface area contributed by atoms with Crippen molar-refractivity contribution in [3.63, 3.8) is 0 Å². The van der Waals surface area contributed by atoms with Gasteiger partial charge in [0.25, 0.3) is 0 Å². The quantitative estimate of drug-likeness (QED) is 0.351. The number of aryl methyl sites for hydroxylation is 2. The first-order valence-corrected chi connectivity index (χ1v) is 13.5. The second-order valence-electron chi connectivity index (χ2n) is 10.1. The lowest BCUT2D eigenvalue weighted by Gasteiger charge is -2.32. The number of anilines is 1. The monoisotopic (exact) mass is 512 g/mol. The Hall–Kier alpha value is -3.55. The van der Waals surface area contributed by atoms with Crippen LogP contribution in [0.1, 0.15) is 44.4 Å². The van der Waals surface area contributed by atoms with Crippen LogP contribution in [0.2, 0.25) is 0 Å². The minimum atomic E-state index is -0.267. The van der Waals surface area contributed by atoms with Gasteiger partial charge in [0.05, 0.1) is 25.4 Å². The molecule has 0 saturated carbocycles. The van der Waals surface area contributed by atoms with Crippen LogP contribution >= 0.6 is 11.3 Å². The van der Waals surface area contributed by atoms with Gasteiger partial charge in [0.1, 0.15) is 10.8 Å². The van der Waals surface area contributed by atoms with Gasteiger partial charge in [0, 0.05) is 35.4 Å². The minimum absolute atomic E-state index is 0.102. The standard InChI is InChI=1S/C30H32N4O2S/c1-19-10-11-20(2)25(15-19)31-30(35)34-17-24-23-12-14-32(3)18-27(23)37-29(24)33-13-6-9-26(33)28(34)21-7-5-8-22(16-21)36-4/h5-11,13,15-16,28H,12,14,17-18H2,1-4H3,(H,31,35). The molecule has 2 aliphatic heterocycles. The van der Waals surface area contributed by atoms with Crippen LogP contribution in [0.3, 0.4) is 0 Å². The normalized spacial score (nSPS) is 17.0. The van der Waals surface area contributed by atoms with Gasteiger partial charge < -0.3 is 24.4 Å². The molecule has 2 aliphatic rings. The van der Waals surface area contributed by atoms with Crippen molar-refractivity contribution in [3.05, 3.63) is 99.2 Å². The summed E-state index contributed by atoms with van der Waals surface area (Å²) < 4.78 is 7.87. The molecule has 1 N–H and O–H groups in total. The molecular formula is C30H32N4O2S. The number of fused-ring (bicyclic) bond motifs is 5. The van der Waals surface area contributed by atoms with E-state index in [1.54, 1.807) is 7.11 Å². The van der Waals surface area contributed by atoms with Gasteiger partial charge in [0.15, 0.2) is 0 Å². The van der Waals surface area contributed by atoms with E-state index in [0.717, 1.165) is 53.3 Å². The molecule has 2 aromatic carbocycles. The number of carbonyl (C=O) groups is 1. The zero-order valence-electron chi connectivity index (χ0n) is 21.7. The molecule has 4 heterocycles. The largest absolute Gasteiger partial charge is 0.497 e. The van der Waals surface area contributed by atoms with E-state index in [9.17, 15) is 4.79 Å². The molecule has 0 radical (unpaired) electrons. The summed E-state index contributed by atoms with van der Waals surface area (Å²) in [4.78, 5) is 20.0. The predicted molar refractivity (Wildman–Crippen MR) is 149 cm³/mol. The maximum absolute atomic E-state index is 14.2. The second-order valence-corrected chi connectivity index (χ2v) is 11.2. The molecule has 6 rings (SSSR count). The number of likely N-dealkylation sites (N-methyl/N-ethyl adjacent to an activating group) is 1. The second kappa shape index (κ2) is 9.39. The number of nitrogens with one attached hydrogen (secondary N) is 1. The molecule has 190 valence electrons. The first-order chi connectivity index (χ1) is 17.9. The summed E-state index contributed by atoms with van der Waals surface area (Å²) in [6.07, 6.45) is 3.14. The van der Waals surface area contributed by atoms with Gasteiger partial charge in [-0.3, -0.25) is 0 Å². The van der Waals surface area contributed by atoms with Crippen molar-refractivity contribution >= 4 is 23.1 Å². The molecule has 7 heteroatoms. The molecule has 0 aliphatic carbocycles. The molecule has 0 bridgehead atoms. The lowest BCUT2D eigenvalue weighted by Crippen LogP contribution is -2.38. The van der Waals surface area contributed by atoms with Crippen LogP contribution in [0.15, 0.2) is 60.8 Å². The predicted octanol–water partition coefficient (Wildman–Crippen LogP) is 6.29. The van der Waals surface area contributed by atoms with E-state index < -0.39 is 0 Å². The van der Waals surface area contributed by atoms with Crippen LogP contribution in [0.5, 0.6) is 5.75 Å². The maximum atomic E-state index is 14.2. The molecule has 37 heavy (non-hydrogen) atoms. The molecular weight excluding hydrogens is 480 g/mol. The SMILES string of the molecule is COc1cccc(C2c3cccn3-c3sc4c(c3CN2C(=O)Nc2cc(C)ccc2C)CCN(C)C4)c1. The summed E-state index contributed by atoms with van der Waals surface area (Å²) in [6.45, 7) is 6.62. The number of hydrogen-bond acceptors (Lipinski definition) is 4. The van der Waals surface area contributed by atoms with Gasteiger partial charge in [-0.05, 0) is 79.9 Å². The first-order valence-electron chi connectivity index (χ1n) is 12.7. The highest BCUT2D eigenvalue weighted by Gasteiger charge is 2.36. The zero-order chi connectivity index (χ0) is 25.7. The first kappa shape index (κ1) is 23.8. The van der Waals surface area contributed by atoms with Gasteiger partial charge >= 0.3 is 6.03 Å². The third kappa shape index (κ3) is 4.22. The van der Waals surface area contributed by atoms with E-state index >= 15 is 0 Å². The minimum Gasteiger partial charge on any atom is -0.497 e. The number of urea groups is 1. The Balaban J connectivity index is 1.51. The lowest BCUT2D eigenvalue weighted by atomic mass is 10.00. The van der Waals surface area contributed by atoms with Crippen molar-refractivity contribution in [2.24, 2.45) is 0 Å². The number of hydrogen-bond donors (Lipinski definition) is 1. The van der Waals surface area contributed by atoms with Crippen molar-refractivity contribution in [1.82, 2.24) is 14.4 Å². The summed E-state index contributed by atoms with van der Waals surface area (Å²) in [6, 6.07) is 18.1. The van der Waals surface area contributed by atoms with E-state index in [1.165, 1.54) is 21.0 Å². The Bertz CT molecular complexity index is 1490. The third-order valence-electron chi connectivity index (χ3n) is 7.56. The summed E-state index contributed by atoms with van der Waals surface area (Å²) in [7, 11) is 3.86. The van der Waals surface area contributed by atoms with Crippen molar-refractivity contribution in [3.8, 4) is 10.8 Å². The topological polar surface area (TPSA) is 49.7 Å². The Kier molecular flexibility index (Phi) is 6.05. The van der Waals surface area contributed by atoms with Crippen LogP contribution in [0.4, 0.5) is 10.5 Å². The van der Waals surface area contributed by atoms with Crippen LogP contribution in [0, 0.1) is 13.8 Å². The van der Waals surface area contributed by atoms with Gasteiger partial charge in [-0.25, -0.2) is 4.79 Å². The highest BCUT2D eigenvalue weighted by Crippen LogP contribution is 2.44. The number of methoxy groups -OCH3 is 1. The van der Waals surface area contributed by atoms with Gasteiger partial charge in [-0.1, -0.05) is 24.3 Å². The fraction of sp³-hybridized carbons (Fsp3) is 0.300. The molecule has 0 spiro atoms. The number of aromatic nitrogens is 1. The van der Waals surface area contributed by atoms with E-state index in [0.29, 0.717) is 6.54 Å². The number of nitrogens with zero attached hydrogens (tertiary/aromatic N) is 3. The summed E-state index contributed by atoms with van der Waals surface area (Å²) in [5, 5.41) is 4.48.